The van der Waals surface area contributed by atoms with Crippen LogP contribution in [0, 0.1) is 10.1 Å². The lowest BCUT2D eigenvalue weighted by molar-refractivity contribution is -0.385. The lowest BCUT2D eigenvalue weighted by Crippen LogP contribution is -2.24. The van der Waals surface area contributed by atoms with Crippen LogP contribution in [0.4, 0.5) is 24.5 Å². The van der Waals surface area contributed by atoms with Crippen molar-refractivity contribution in [2.75, 3.05) is 5.32 Å². The number of amides is 1. The average Bonchev–Trinajstić information content (AvgIpc) is 2.57. The molecule has 0 bridgehead atoms. The summed E-state index contributed by atoms with van der Waals surface area (Å²) in [6.07, 6.45) is -4.87. The molecule has 5 nitrogen and oxygen atoms in total. The van der Waals surface area contributed by atoms with Crippen molar-refractivity contribution >= 4 is 52.2 Å². The van der Waals surface area contributed by atoms with Crippen molar-refractivity contribution in [2.45, 2.75) is 23.2 Å². The molecule has 144 valence electrons. The normalized spacial score (nSPS) is 12.5. The maximum Gasteiger partial charge on any atom is 0.418 e. The van der Waals surface area contributed by atoms with Crippen molar-refractivity contribution in [3.8, 4) is 0 Å². The number of nitrogens with zero attached hydrogens (tertiary/aromatic N) is 1. The van der Waals surface area contributed by atoms with Gasteiger partial charge in [-0.15, -0.1) is 11.8 Å². The van der Waals surface area contributed by atoms with Gasteiger partial charge in [-0.05, 0) is 31.2 Å². The first-order chi connectivity index (χ1) is 12.5. The number of carbonyl (C=O) groups is 1. The molecule has 1 atom stereocenters. The van der Waals surface area contributed by atoms with Crippen molar-refractivity contribution < 1.29 is 22.9 Å². The molecule has 0 aliphatic heterocycles. The summed E-state index contributed by atoms with van der Waals surface area (Å²) in [5, 5.41) is 12.8. The third-order valence-corrected chi connectivity index (χ3v) is 5.18. The van der Waals surface area contributed by atoms with Crippen LogP contribution in [-0.2, 0) is 11.0 Å². The van der Waals surface area contributed by atoms with Crippen LogP contribution < -0.4 is 5.32 Å². The molecule has 0 saturated carbocycles. The van der Waals surface area contributed by atoms with Crippen molar-refractivity contribution in [3.63, 3.8) is 0 Å². The molecule has 0 fully saturated rings. The lowest BCUT2D eigenvalue weighted by atomic mass is 10.1. The van der Waals surface area contributed by atoms with Gasteiger partial charge < -0.3 is 5.32 Å². The highest BCUT2D eigenvalue weighted by atomic mass is 35.5. The molecule has 11 heteroatoms. The molecule has 1 N–H and O–H groups in total. The maximum absolute atomic E-state index is 13.2. The fourth-order valence-electron chi connectivity index (χ4n) is 2.04. The van der Waals surface area contributed by atoms with E-state index in [-0.39, 0.29) is 0 Å². The van der Waals surface area contributed by atoms with Gasteiger partial charge in [0, 0.05) is 22.1 Å². The highest BCUT2D eigenvalue weighted by Crippen LogP contribution is 2.38. The van der Waals surface area contributed by atoms with E-state index in [2.05, 4.69) is 5.32 Å². The highest BCUT2D eigenvalue weighted by Gasteiger charge is 2.36. The summed E-state index contributed by atoms with van der Waals surface area (Å²) in [6.45, 7) is 1.48. The third kappa shape index (κ3) is 5.50. The van der Waals surface area contributed by atoms with Crippen LogP contribution in [0.3, 0.4) is 0 Å². The number of nitrogens with one attached hydrogen (secondary N) is 1. The van der Waals surface area contributed by atoms with Crippen LogP contribution in [0.15, 0.2) is 41.3 Å². The van der Waals surface area contributed by atoms with E-state index in [1.807, 2.05) is 0 Å². The Labute approximate surface area is 166 Å². The Hall–Kier alpha value is -1.97. The van der Waals surface area contributed by atoms with Gasteiger partial charge in [-0.2, -0.15) is 13.2 Å². The minimum absolute atomic E-state index is 0.343. The highest BCUT2D eigenvalue weighted by molar-refractivity contribution is 8.00. The number of thioether (sulfide) groups is 1. The summed E-state index contributed by atoms with van der Waals surface area (Å²) in [5.74, 6) is -0.726. The molecular weight excluding hydrogens is 428 g/mol. The molecule has 0 spiro atoms. The maximum atomic E-state index is 13.2. The summed E-state index contributed by atoms with van der Waals surface area (Å²) in [6, 6.07) is 6.74. The summed E-state index contributed by atoms with van der Waals surface area (Å²) in [4.78, 5) is 22.6. The number of alkyl halides is 3. The van der Waals surface area contributed by atoms with Crippen molar-refractivity contribution in [1.29, 1.82) is 0 Å². The number of rotatable bonds is 5. The van der Waals surface area contributed by atoms with Crippen LogP contribution in [0.1, 0.15) is 12.5 Å². The number of hydrogen-bond donors (Lipinski definition) is 1. The van der Waals surface area contributed by atoms with Crippen LogP contribution in [-0.4, -0.2) is 16.1 Å². The zero-order valence-electron chi connectivity index (χ0n) is 13.5. The number of halogens is 5. The van der Waals surface area contributed by atoms with Crippen molar-refractivity contribution in [3.05, 3.63) is 62.1 Å². The fraction of sp³-hybridized carbons (Fsp3) is 0.188. The Kier molecular flexibility index (Phi) is 6.61. The number of benzene rings is 2. The molecule has 1 amide bonds. The Morgan fingerprint density at radius 2 is 1.89 bits per heavy atom. The second-order valence-electron chi connectivity index (χ2n) is 5.31. The first-order valence-electron chi connectivity index (χ1n) is 7.27. The third-order valence-electron chi connectivity index (χ3n) is 3.34. The van der Waals surface area contributed by atoms with E-state index >= 15 is 0 Å². The van der Waals surface area contributed by atoms with Crippen LogP contribution in [0.5, 0.6) is 0 Å². The number of hydrogen-bond acceptors (Lipinski definition) is 4. The smallest absolute Gasteiger partial charge is 0.325 e. The van der Waals surface area contributed by atoms with E-state index in [0.29, 0.717) is 21.0 Å². The first kappa shape index (κ1) is 21.3. The summed E-state index contributed by atoms with van der Waals surface area (Å²) in [5.41, 5.74) is -2.60. The molecular formula is C16H11Cl2F3N2O3S. The lowest BCUT2D eigenvalue weighted by Gasteiger charge is -2.16. The molecule has 0 radical (unpaired) electrons. The minimum Gasteiger partial charge on any atom is -0.325 e. The van der Waals surface area contributed by atoms with Crippen LogP contribution in [0.2, 0.25) is 10.0 Å². The molecule has 2 aromatic rings. The molecule has 2 rings (SSSR count). The monoisotopic (exact) mass is 438 g/mol. The second kappa shape index (κ2) is 8.37. The van der Waals surface area contributed by atoms with E-state index in [1.54, 1.807) is 6.07 Å². The summed E-state index contributed by atoms with van der Waals surface area (Å²) in [7, 11) is 0. The van der Waals surface area contributed by atoms with Gasteiger partial charge in [-0.3, -0.25) is 14.9 Å². The number of nitro groups is 1. The molecule has 1 unspecified atom stereocenters. The van der Waals surface area contributed by atoms with Gasteiger partial charge in [0.2, 0.25) is 5.91 Å². The Morgan fingerprint density at radius 3 is 2.48 bits per heavy atom. The number of nitro benzene ring substituents is 1. The van der Waals surface area contributed by atoms with Gasteiger partial charge in [0.25, 0.3) is 5.69 Å². The number of anilines is 1. The SMILES string of the molecule is CC(Sc1cc(Cl)ccc1Cl)C(=O)Nc1ccc([N+](=O)[O-])cc1C(F)(F)F. The van der Waals surface area contributed by atoms with E-state index < -0.39 is 39.2 Å². The predicted molar refractivity (Wildman–Crippen MR) is 98.5 cm³/mol. The van der Waals surface area contributed by atoms with E-state index in [0.717, 1.165) is 23.9 Å². The van der Waals surface area contributed by atoms with Gasteiger partial charge in [0.1, 0.15) is 0 Å². The predicted octanol–water partition coefficient (Wildman–Crippen LogP) is 6.04. The van der Waals surface area contributed by atoms with Crippen molar-refractivity contribution in [1.82, 2.24) is 0 Å². The molecule has 27 heavy (non-hydrogen) atoms. The van der Waals surface area contributed by atoms with E-state index in [9.17, 15) is 28.1 Å². The summed E-state index contributed by atoms with van der Waals surface area (Å²) >= 11 is 12.9. The number of carbonyl (C=O) groups excluding carboxylic acids is 1. The van der Waals surface area contributed by atoms with Crippen molar-refractivity contribution in [2.24, 2.45) is 0 Å². The van der Waals surface area contributed by atoms with Gasteiger partial charge in [0.05, 0.1) is 26.4 Å². The zero-order valence-corrected chi connectivity index (χ0v) is 15.8. The van der Waals surface area contributed by atoms with E-state index in [1.165, 1.54) is 19.1 Å². The molecule has 0 aliphatic rings. The van der Waals surface area contributed by atoms with Gasteiger partial charge in [-0.25, -0.2) is 0 Å². The standard InChI is InChI=1S/C16H11Cl2F3N2O3S/c1-8(27-14-6-9(17)2-4-12(14)18)15(24)22-13-5-3-10(23(25)26)7-11(13)16(19,20)21/h2-8H,1H3,(H,22,24). The fourth-order valence-corrected chi connectivity index (χ4v) is 3.45. The molecule has 0 aromatic heterocycles. The molecule has 0 heterocycles. The summed E-state index contributed by atoms with van der Waals surface area (Å²) < 4.78 is 39.5. The Balaban J connectivity index is 2.24. The van der Waals surface area contributed by atoms with Gasteiger partial charge in [-0.1, -0.05) is 23.2 Å². The molecule has 0 aliphatic carbocycles. The average molecular weight is 439 g/mol. The van der Waals surface area contributed by atoms with Gasteiger partial charge >= 0.3 is 6.18 Å². The topological polar surface area (TPSA) is 72.2 Å². The molecule has 2 aromatic carbocycles. The van der Waals surface area contributed by atoms with E-state index in [4.69, 9.17) is 23.2 Å². The zero-order chi connectivity index (χ0) is 20.4. The quantitative estimate of drug-likeness (QED) is 0.350. The largest absolute Gasteiger partial charge is 0.418 e. The Bertz CT molecular complexity index is 894. The first-order valence-corrected chi connectivity index (χ1v) is 8.91. The Morgan fingerprint density at radius 1 is 1.22 bits per heavy atom. The minimum atomic E-state index is -4.87. The number of non-ortho nitro benzene ring substituents is 1. The second-order valence-corrected chi connectivity index (χ2v) is 7.54. The van der Waals surface area contributed by atoms with Gasteiger partial charge in [0.15, 0.2) is 0 Å². The molecule has 0 saturated heterocycles. The van der Waals surface area contributed by atoms with Crippen LogP contribution in [0.25, 0.3) is 0 Å². The van der Waals surface area contributed by atoms with Crippen LogP contribution >= 0.6 is 35.0 Å².